The van der Waals surface area contributed by atoms with Crippen LogP contribution in [0, 0.1) is 0 Å². The van der Waals surface area contributed by atoms with Gasteiger partial charge in [-0.15, -0.1) is 16.9 Å². The number of carbonyl (C=O) groups is 2. The molecule has 1 N–H and O–H groups in total. The fraction of sp³-hybridized carbons (Fsp3) is 0.600. The molecule has 2 aliphatic rings. The maximum absolute atomic E-state index is 11.6. The van der Waals surface area contributed by atoms with Crippen molar-refractivity contribution in [2.75, 3.05) is 5.75 Å². The molecule has 0 aliphatic carbocycles. The first-order chi connectivity index (χ1) is 8.54. The lowest BCUT2D eigenvalue weighted by molar-refractivity contribution is -0.164. The highest BCUT2D eigenvalue weighted by Crippen LogP contribution is 2.44. The lowest BCUT2D eigenvalue weighted by Crippen LogP contribution is -2.70. The third-order valence-corrected chi connectivity index (χ3v) is 5.09. The van der Waals surface area contributed by atoms with E-state index in [1.54, 1.807) is 29.6 Å². The Balaban J connectivity index is 2.03. The minimum atomic E-state index is -0.994. The standard InChI is InChI=1S/C10H12N4O3S/c1-10(13-3-2-11-12-13)5-18-7-4-6(15)14(7)8(10)9(16)17/h2-3,7-8H,4-5H2,1H3,(H,16,17)/t7-,8?,10?/m1/s1. The third-order valence-electron chi connectivity index (χ3n) is 3.56. The number of carbonyl (C=O) groups excluding carboxylic acids is 1. The first-order valence-electron chi connectivity index (χ1n) is 5.56. The van der Waals surface area contributed by atoms with Crippen LogP contribution in [-0.4, -0.2) is 54.0 Å². The summed E-state index contributed by atoms with van der Waals surface area (Å²) in [6.07, 6.45) is 3.59. The van der Waals surface area contributed by atoms with Gasteiger partial charge >= 0.3 is 5.97 Å². The molecule has 96 valence electrons. The Morgan fingerprint density at radius 2 is 2.44 bits per heavy atom. The molecule has 3 rings (SSSR count). The fourth-order valence-corrected chi connectivity index (χ4v) is 4.03. The van der Waals surface area contributed by atoms with Crippen LogP contribution in [0.3, 0.4) is 0 Å². The summed E-state index contributed by atoms with van der Waals surface area (Å²) in [5.74, 6) is -0.501. The van der Waals surface area contributed by atoms with Gasteiger partial charge in [0.05, 0.1) is 18.0 Å². The summed E-state index contributed by atoms with van der Waals surface area (Å²) in [7, 11) is 0. The molecular formula is C10H12N4O3S. The number of rotatable bonds is 2. The molecule has 0 aromatic carbocycles. The molecule has 3 atom stereocenters. The summed E-state index contributed by atoms with van der Waals surface area (Å²) in [5, 5.41) is 17.1. The Morgan fingerprint density at radius 3 is 3.00 bits per heavy atom. The summed E-state index contributed by atoms with van der Waals surface area (Å²) in [6, 6.07) is -0.883. The number of hydrogen-bond donors (Lipinski definition) is 1. The van der Waals surface area contributed by atoms with E-state index < -0.39 is 17.6 Å². The molecule has 2 fully saturated rings. The van der Waals surface area contributed by atoms with E-state index >= 15 is 0 Å². The Kier molecular flexibility index (Phi) is 2.37. The van der Waals surface area contributed by atoms with E-state index in [2.05, 4.69) is 10.3 Å². The predicted octanol–water partition coefficient (Wildman–Crippen LogP) is -0.248. The lowest BCUT2D eigenvalue weighted by Gasteiger charge is -2.53. The van der Waals surface area contributed by atoms with E-state index in [0.29, 0.717) is 12.2 Å². The average molecular weight is 268 g/mol. The van der Waals surface area contributed by atoms with Crippen molar-refractivity contribution in [3.8, 4) is 0 Å². The summed E-state index contributed by atoms with van der Waals surface area (Å²) in [6.45, 7) is 1.80. The molecule has 0 saturated carbocycles. The second-order valence-corrected chi connectivity index (χ2v) is 5.88. The summed E-state index contributed by atoms with van der Waals surface area (Å²) < 4.78 is 1.54. The van der Waals surface area contributed by atoms with Crippen molar-refractivity contribution >= 4 is 23.6 Å². The molecule has 7 nitrogen and oxygen atoms in total. The number of aliphatic carboxylic acids is 1. The number of aromatic nitrogens is 3. The van der Waals surface area contributed by atoms with Gasteiger partial charge in [-0.3, -0.25) is 4.79 Å². The van der Waals surface area contributed by atoms with Gasteiger partial charge in [0.25, 0.3) is 0 Å². The normalized spacial score (nSPS) is 34.9. The zero-order chi connectivity index (χ0) is 12.9. The Hall–Kier alpha value is -1.57. The van der Waals surface area contributed by atoms with Crippen LogP contribution in [0.5, 0.6) is 0 Å². The van der Waals surface area contributed by atoms with Crippen LogP contribution in [0.15, 0.2) is 12.4 Å². The zero-order valence-corrected chi connectivity index (χ0v) is 10.5. The molecule has 2 unspecified atom stereocenters. The molecule has 1 aromatic rings. The predicted molar refractivity (Wildman–Crippen MR) is 62.8 cm³/mol. The molecule has 0 bridgehead atoms. The number of β-lactam (4-membered cyclic amide) rings is 1. The fourth-order valence-electron chi connectivity index (χ4n) is 2.55. The Labute approximate surface area is 107 Å². The number of carboxylic acids is 1. The monoisotopic (exact) mass is 268 g/mol. The highest BCUT2D eigenvalue weighted by molar-refractivity contribution is 8.00. The van der Waals surface area contributed by atoms with Crippen molar-refractivity contribution in [2.45, 2.75) is 30.3 Å². The van der Waals surface area contributed by atoms with Crippen molar-refractivity contribution < 1.29 is 14.7 Å². The quantitative estimate of drug-likeness (QED) is 0.744. The van der Waals surface area contributed by atoms with Gasteiger partial charge in [-0.1, -0.05) is 5.21 Å². The molecule has 8 heteroatoms. The van der Waals surface area contributed by atoms with Crippen LogP contribution in [0.1, 0.15) is 13.3 Å². The Bertz CT molecular complexity index is 505. The second-order valence-electron chi connectivity index (χ2n) is 4.72. The van der Waals surface area contributed by atoms with Gasteiger partial charge in [0, 0.05) is 11.9 Å². The van der Waals surface area contributed by atoms with E-state index in [9.17, 15) is 14.7 Å². The van der Waals surface area contributed by atoms with Crippen molar-refractivity contribution in [1.82, 2.24) is 19.9 Å². The smallest absolute Gasteiger partial charge is 0.329 e. The molecule has 1 amide bonds. The topological polar surface area (TPSA) is 88.3 Å². The van der Waals surface area contributed by atoms with Gasteiger partial charge in [0.15, 0.2) is 6.04 Å². The minimum Gasteiger partial charge on any atom is -0.480 e. The lowest BCUT2D eigenvalue weighted by atomic mass is 9.89. The molecular weight excluding hydrogens is 256 g/mol. The highest BCUT2D eigenvalue weighted by Gasteiger charge is 2.57. The Morgan fingerprint density at radius 1 is 1.67 bits per heavy atom. The third kappa shape index (κ3) is 1.38. The maximum Gasteiger partial charge on any atom is 0.329 e. The van der Waals surface area contributed by atoms with E-state index in [4.69, 9.17) is 0 Å². The number of carboxylic acid groups (broad SMARTS) is 1. The minimum absolute atomic E-state index is 0.00445. The van der Waals surface area contributed by atoms with Gasteiger partial charge in [-0.2, -0.15) is 0 Å². The van der Waals surface area contributed by atoms with Crippen LogP contribution in [0.4, 0.5) is 0 Å². The van der Waals surface area contributed by atoms with Crippen molar-refractivity contribution in [3.63, 3.8) is 0 Å². The van der Waals surface area contributed by atoms with Gasteiger partial charge < -0.3 is 10.0 Å². The van der Waals surface area contributed by atoms with Crippen LogP contribution in [0.2, 0.25) is 0 Å². The number of thioether (sulfide) groups is 1. The van der Waals surface area contributed by atoms with Crippen molar-refractivity contribution in [2.24, 2.45) is 0 Å². The SMILES string of the molecule is CC1(n2ccnn2)CS[C@@H]2CC(=O)N2C1C(=O)O. The van der Waals surface area contributed by atoms with Gasteiger partial charge in [0.1, 0.15) is 5.54 Å². The number of amides is 1. The van der Waals surface area contributed by atoms with Gasteiger partial charge in [-0.25, -0.2) is 9.48 Å². The van der Waals surface area contributed by atoms with Crippen LogP contribution in [0.25, 0.3) is 0 Å². The molecule has 2 aliphatic heterocycles. The first-order valence-corrected chi connectivity index (χ1v) is 6.61. The highest BCUT2D eigenvalue weighted by atomic mass is 32.2. The molecule has 0 radical (unpaired) electrons. The zero-order valence-electron chi connectivity index (χ0n) is 9.68. The second kappa shape index (κ2) is 3.71. The summed E-state index contributed by atoms with van der Waals surface area (Å²) in [4.78, 5) is 24.6. The van der Waals surface area contributed by atoms with Crippen LogP contribution < -0.4 is 0 Å². The van der Waals surface area contributed by atoms with Crippen molar-refractivity contribution in [3.05, 3.63) is 12.4 Å². The van der Waals surface area contributed by atoms with E-state index in [0.717, 1.165) is 0 Å². The largest absolute Gasteiger partial charge is 0.480 e. The molecule has 3 heterocycles. The molecule has 18 heavy (non-hydrogen) atoms. The number of nitrogens with zero attached hydrogens (tertiary/aromatic N) is 4. The number of fused-ring (bicyclic) bond motifs is 1. The van der Waals surface area contributed by atoms with E-state index in [1.807, 2.05) is 0 Å². The summed E-state index contributed by atoms with van der Waals surface area (Å²) >= 11 is 1.60. The van der Waals surface area contributed by atoms with Gasteiger partial charge in [0.2, 0.25) is 5.91 Å². The van der Waals surface area contributed by atoms with E-state index in [1.165, 1.54) is 11.1 Å². The van der Waals surface area contributed by atoms with Gasteiger partial charge in [-0.05, 0) is 6.92 Å². The average Bonchev–Trinajstić information content (AvgIpc) is 2.83. The van der Waals surface area contributed by atoms with Crippen LogP contribution >= 0.6 is 11.8 Å². The van der Waals surface area contributed by atoms with Crippen LogP contribution in [-0.2, 0) is 15.1 Å². The van der Waals surface area contributed by atoms with E-state index in [-0.39, 0.29) is 11.3 Å². The number of hydrogen-bond acceptors (Lipinski definition) is 5. The first kappa shape index (κ1) is 11.5. The molecule has 0 spiro atoms. The van der Waals surface area contributed by atoms with Crippen molar-refractivity contribution in [1.29, 1.82) is 0 Å². The summed E-state index contributed by atoms with van der Waals surface area (Å²) in [5.41, 5.74) is -0.764. The molecule has 2 saturated heterocycles. The maximum atomic E-state index is 11.6. The molecule has 1 aromatic heterocycles.